The molecule has 0 fully saturated rings. The maximum Gasteiger partial charge on any atom is 0.129 e. The Morgan fingerprint density at radius 2 is 1.93 bits per heavy atom. The van der Waals surface area contributed by atoms with Gasteiger partial charge in [0.15, 0.2) is 0 Å². The lowest BCUT2D eigenvalue weighted by molar-refractivity contribution is 0.622. The molecule has 15 heavy (non-hydrogen) atoms. The number of aromatic nitrogens is 2. The van der Waals surface area contributed by atoms with Gasteiger partial charge in [-0.05, 0) is 33.1 Å². The van der Waals surface area contributed by atoms with Gasteiger partial charge in [-0.1, -0.05) is 13.8 Å². The zero-order valence-corrected chi connectivity index (χ0v) is 10.3. The van der Waals surface area contributed by atoms with Crippen molar-refractivity contribution in [1.82, 2.24) is 9.97 Å². The standard InChI is InChI=1S/C12H21N3/c1-9(2)6-10-7-11(14-8-13-10)15-12(3,4)5/h7-9H,6H2,1-5H3,(H,13,14,15). The van der Waals surface area contributed by atoms with E-state index in [2.05, 4.69) is 49.9 Å². The summed E-state index contributed by atoms with van der Waals surface area (Å²) in [5, 5.41) is 3.34. The highest BCUT2D eigenvalue weighted by Crippen LogP contribution is 2.13. The second-order valence-electron chi connectivity index (χ2n) is 5.37. The minimum absolute atomic E-state index is 0.0451. The summed E-state index contributed by atoms with van der Waals surface area (Å²) in [6.07, 6.45) is 2.63. The zero-order valence-electron chi connectivity index (χ0n) is 10.3. The van der Waals surface area contributed by atoms with Crippen LogP contribution in [-0.2, 0) is 6.42 Å². The Kier molecular flexibility index (Phi) is 3.66. The first kappa shape index (κ1) is 12.0. The Balaban J connectivity index is 2.74. The highest BCUT2D eigenvalue weighted by atomic mass is 15.1. The molecule has 1 rings (SSSR count). The molecule has 3 heteroatoms. The van der Waals surface area contributed by atoms with Gasteiger partial charge in [-0.3, -0.25) is 0 Å². The van der Waals surface area contributed by atoms with Crippen LogP contribution < -0.4 is 5.32 Å². The monoisotopic (exact) mass is 207 g/mol. The molecule has 1 heterocycles. The molecule has 0 saturated carbocycles. The average molecular weight is 207 g/mol. The fourth-order valence-electron chi connectivity index (χ4n) is 1.38. The molecule has 0 unspecified atom stereocenters. The molecule has 0 radical (unpaired) electrons. The van der Waals surface area contributed by atoms with Gasteiger partial charge in [-0.2, -0.15) is 0 Å². The molecule has 1 aromatic heterocycles. The van der Waals surface area contributed by atoms with Crippen molar-refractivity contribution in [2.45, 2.75) is 46.6 Å². The van der Waals surface area contributed by atoms with Crippen LogP contribution in [0.15, 0.2) is 12.4 Å². The highest BCUT2D eigenvalue weighted by Gasteiger charge is 2.10. The van der Waals surface area contributed by atoms with Crippen LogP contribution in [0.3, 0.4) is 0 Å². The van der Waals surface area contributed by atoms with E-state index in [1.165, 1.54) is 0 Å². The van der Waals surface area contributed by atoms with Crippen LogP contribution in [0.25, 0.3) is 0 Å². The summed E-state index contributed by atoms with van der Waals surface area (Å²) in [7, 11) is 0. The SMILES string of the molecule is CC(C)Cc1cc(NC(C)(C)C)ncn1. The largest absolute Gasteiger partial charge is 0.365 e. The van der Waals surface area contributed by atoms with Gasteiger partial charge in [-0.25, -0.2) is 9.97 Å². The van der Waals surface area contributed by atoms with Gasteiger partial charge in [0.25, 0.3) is 0 Å². The molecule has 0 amide bonds. The number of rotatable bonds is 3. The molecule has 0 aromatic carbocycles. The summed E-state index contributed by atoms with van der Waals surface area (Å²) in [4.78, 5) is 8.47. The van der Waals surface area contributed by atoms with E-state index in [0.717, 1.165) is 17.9 Å². The lowest BCUT2D eigenvalue weighted by Gasteiger charge is -2.21. The summed E-state index contributed by atoms with van der Waals surface area (Å²) >= 11 is 0. The van der Waals surface area contributed by atoms with Crippen molar-refractivity contribution in [1.29, 1.82) is 0 Å². The van der Waals surface area contributed by atoms with Gasteiger partial charge in [-0.15, -0.1) is 0 Å². The Hall–Kier alpha value is -1.12. The molecular formula is C12H21N3. The van der Waals surface area contributed by atoms with Crippen molar-refractivity contribution in [3.8, 4) is 0 Å². The van der Waals surface area contributed by atoms with Crippen molar-refractivity contribution in [2.75, 3.05) is 5.32 Å². The maximum absolute atomic E-state index is 4.26. The van der Waals surface area contributed by atoms with Crippen molar-refractivity contribution >= 4 is 5.82 Å². The van der Waals surface area contributed by atoms with E-state index in [1.807, 2.05) is 6.07 Å². The molecule has 0 spiro atoms. The molecule has 0 bridgehead atoms. The van der Waals surface area contributed by atoms with Crippen LogP contribution in [0.5, 0.6) is 0 Å². The van der Waals surface area contributed by atoms with E-state index in [0.29, 0.717) is 5.92 Å². The topological polar surface area (TPSA) is 37.8 Å². The third-order valence-electron chi connectivity index (χ3n) is 1.84. The molecule has 1 N–H and O–H groups in total. The van der Waals surface area contributed by atoms with Crippen molar-refractivity contribution in [3.05, 3.63) is 18.1 Å². The summed E-state index contributed by atoms with van der Waals surface area (Å²) in [5.74, 6) is 1.54. The van der Waals surface area contributed by atoms with Crippen LogP contribution >= 0.6 is 0 Å². The minimum atomic E-state index is 0.0451. The van der Waals surface area contributed by atoms with E-state index < -0.39 is 0 Å². The first-order chi connectivity index (χ1) is 6.87. The number of hydrogen-bond donors (Lipinski definition) is 1. The number of hydrogen-bond acceptors (Lipinski definition) is 3. The van der Waals surface area contributed by atoms with Crippen LogP contribution in [0, 0.1) is 5.92 Å². The van der Waals surface area contributed by atoms with Gasteiger partial charge < -0.3 is 5.32 Å². The van der Waals surface area contributed by atoms with Gasteiger partial charge in [0.1, 0.15) is 12.1 Å². The molecule has 0 atom stereocenters. The third-order valence-corrected chi connectivity index (χ3v) is 1.84. The number of nitrogens with one attached hydrogen (secondary N) is 1. The summed E-state index contributed by atoms with van der Waals surface area (Å²) in [6.45, 7) is 10.8. The zero-order chi connectivity index (χ0) is 11.5. The van der Waals surface area contributed by atoms with Crippen LogP contribution in [0.1, 0.15) is 40.3 Å². The van der Waals surface area contributed by atoms with E-state index >= 15 is 0 Å². The molecule has 0 saturated heterocycles. The van der Waals surface area contributed by atoms with Crippen LogP contribution in [-0.4, -0.2) is 15.5 Å². The molecule has 0 aliphatic heterocycles. The van der Waals surface area contributed by atoms with E-state index in [9.17, 15) is 0 Å². The smallest absolute Gasteiger partial charge is 0.129 e. The maximum atomic E-state index is 4.26. The van der Waals surface area contributed by atoms with Gasteiger partial charge in [0.05, 0.1) is 0 Å². The Morgan fingerprint density at radius 1 is 1.27 bits per heavy atom. The molecule has 0 aliphatic carbocycles. The van der Waals surface area contributed by atoms with Gasteiger partial charge >= 0.3 is 0 Å². The molecule has 0 aliphatic rings. The highest BCUT2D eigenvalue weighted by molar-refractivity contribution is 5.37. The minimum Gasteiger partial charge on any atom is -0.365 e. The number of nitrogens with zero attached hydrogens (tertiary/aromatic N) is 2. The average Bonchev–Trinajstić information content (AvgIpc) is 1.99. The summed E-state index contributed by atoms with van der Waals surface area (Å²) in [6, 6.07) is 2.03. The molecular weight excluding hydrogens is 186 g/mol. The third kappa shape index (κ3) is 4.77. The van der Waals surface area contributed by atoms with E-state index in [4.69, 9.17) is 0 Å². The predicted octanol–water partition coefficient (Wildman–Crippen LogP) is 2.89. The quantitative estimate of drug-likeness (QED) is 0.828. The molecule has 1 aromatic rings. The Morgan fingerprint density at radius 3 is 2.47 bits per heavy atom. The van der Waals surface area contributed by atoms with Crippen LogP contribution in [0.4, 0.5) is 5.82 Å². The normalized spacial score (nSPS) is 11.9. The summed E-state index contributed by atoms with van der Waals surface area (Å²) in [5.41, 5.74) is 1.15. The number of anilines is 1. The van der Waals surface area contributed by atoms with Crippen LogP contribution in [0.2, 0.25) is 0 Å². The van der Waals surface area contributed by atoms with E-state index in [1.54, 1.807) is 6.33 Å². The predicted molar refractivity (Wildman–Crippen MR) is 63.9 cm³/mol. The van der Waals surface area contributed by atoms with Crippen molar-refractivity contribution in [2.24, 2.45) is 5.92 Å². The van der Waals surface area contributed by atoms with Gasteiger partial charge in [0.2, 0.25) is 0 Å². The van der Waals surface area contributed by atoms with E-state index in [-0.39, 0.29) is 5.54 Å². The lowest BCUT2D eigenvalue weighted by atomic mass is 10.1. The fourth-order valence-corrected chi connectivity index (χ4v) is 1.38. The first-order valence-corrected chi connectivity index (χ1v) is 5.46. The Labute approximate surface area is 92.3 Å². The van der Waals surface area contributed by atoms with Gasteiger partial charge in [0, 0.05) is 17.3 Å². The second kappa shape index (κ2) is 4.60. The summed E-state index contributed by atoms with van der Waals surface area (Å²) < 4.78 is 0. The fraction of sp³-hybridized carbons (Fsp3) is 0.667. The lowest BCUT2D eigenvalue weighted by Crippen LogP contribution is -2.26. The van der Waals surface area contributed by atoms with Crippen molar-refractivity contribution < 1.29 is 0 Å². The molecule has 3 nitrogen and oxygen atoms in total. The molecule has 84 valence electrons. The van der Waals surface area contributed by atoms with Crippen molar-refractivity contribution in [3.63, 3.8) is 0 Å². The second-order valence-corrected chi connectivity index (χ2v) is 5.37. The Bertz CT molecular complexity index is 313. The first-order valence-electron chi connectivity index (χ1n) is 5.46.